The van der Waals surface area contributed by atoms with E-state index in [4.69, 9.17) is 10.8 Å². The molecule has 3 heteroatoms. The zero-order valence-corrected chi connectivity index (χ0v) is 5.37. The summed E-state index contributed by atoms with van der Waals surface area (Å²) in [6.45, 7) is 5.13. The Morgan fingerprint density at radius 2 is 2.33 bits per heavy atom. The highest BCUT2D eigenvalue weighted by atomic mass is 16.4. The highest BCUT2D eigenvalue weighted by Gasteiger charge is 2.15. The van der Waals surface area contributed by atoms with Gasteiger partial charge in [0.15, 0.2) is 0 Å². The summed E-state index contributed by atoms with van der Waals surface area (Å²) in [5.41, 5.74) is 5.20. The first-order valence-corrected chi connectivity index (χ1v) is 2.70. The smallest absolute Gasteiger partial charge is 0.321 e. The van der Waals surface area contributed by atoms with Gasteiger partial charge in [-0.1, -0.05) is 13.0 Å². The number of aliphatic carboxylic acids is 1. The summed E-state index contributed by atoms with van der Waals surface area (Å²) in [7, 11) is 0. The van der Waals surface area contributed by atoms with Gasteiger partial charge in [0.2, 0.25) is 0 Å². The van der Waals surface area contributed by atoms with Gasteiger partial charge in [-0.25, -0.2) is 0 Å². The van der Waals surface area contributed by atoms with Crippen LogP contribution in [0.3, 0.4) is 0 Å². The van der Waals surface area contributed by atoms with Crippen molar-refractivity contribution in [2.75, 3.05) is 0 Å². The minimum absolute atomic E-state index is 0.164. The van der Waals surface area contributed by atoms with Crippen molar-refractivity contribution < 1.29 is 9.90 Å². The van der Waals surface area contributed by atoms with Gasteiger partial charge in [0.1, 0.15) is 6.04 Å². The van der Waals surface area contributed by atoms with Gasteiger partial charge >= 0.3 is 5.97 Å². The van der Waals surface area contributed by atoms with Gasteiger partial charge in [-0.2, -0.15) is 0 Å². The van der Waals surface area contributed by atoms with Crippen LogP contribution in [0.25, 0.3) is 0 Å². The van der Waals surface area contributed by atoms with Crippen LogP contribution in [-0.2, 0) is 4.79 Å². The number of rotatable bonds is 3. The second kappa shape index (κ2) is 3.25. The molecule has 52 valence electrons. The van der Waals surface area contributed by atoms with E-state index in [1.807, 2.05) is 0 Å². The van der Waals surface area contributed by atoms with E-state index in [1.54, 1.807) is 6.92 Å². The van der Waals surface area contributed by atoms with Crippen LogP contribution in [0.5, 0.6) is 0 Å². The Morgan fingerprint density at radius 3 is 2.44 bits per heavy atom. The van der Waals surface area contributed by atoms with Gasteiger partial charge in [-0.05, 0) is 5.92 Å². The fourth-order valence-electron chi connectivity index (χ4n) is 0.372. The van der Waals surface area contributed by atoms with Gasteiger partial charge in [-0.15, -0.1) is 6.58 Å². The van der Waals surface area contributed by atoms with Gasteiger partial charge in [0.25, 0.3) is 0 Å². The lowest BCUT2D eigenvalue weighted by molar-refractivity contribution is -0.139. The van der Waals surface area contributed by atoms with Crippen LogP contribution >= 0.6 is 0 Å². The molecule has 9 heavy (non-hydrogen) atoms. The molecular weight excluding hydrogens is 118 g/mol. The molecule has 0 aliphatic carbocycles. The van der Waals surface area contributed by atoms with Crippen LogP contribution in [0.1, 0.15) is 6.92 Å². The maximum atomic E-state index is 10.1. The van der Waals surface area contributed by atoms with Crippen molar-refractivity contribution in [3.63, 3.8) is 0 Å². The van der Waals surface area contributed by atoms with E-state index in [0.717, 1.165) is 0 Å². The molecule has 0 aromatic heterocycles. The third-order valence-electron chi connectivity index (χ3n) is 1.22. The Bertz CT molecular complexity index is 122. The normalized spacial score (nSPS) is 16.2. The van der Waals surface area contributed by atoms with Gasteiger partial charge < -0.3 is 10.8 Å². The number of carbonyl (C=O) groups is 1. The van der Waals surface area contributed by atoms with E-state index in [-0.39, 0.29) is 5.92 Å². The molecule has 0 aliphatic rings. The van der Waals surface area contributed by atoms with Crippen molar-refractivity contribution in [3.8, 4) is 0 Å². The molecule has 0 heterocycles. The van der Waals surface area contributed by atoms with Crippen LogP contribution < -0.4 is 5.73 Å². The summed E-state index contributed by atoms with van der Waals surface area (Å²) >= 11 is 0. The second-order valence-corrected chi connectivity index (χ2v) is 1.96. The molecular formula is C6H11NO2. The van der Waals surface area contributed by atoms with Crippen molar-refractivity contribution in [1.29, 1.82) is 0 Å². The Hall–Kier alpha value is -0.830. The van der Waals surface area contributed by atoms with Crippen molar-refractivity contribution in [2.24, 2.45) is 11.7 Å². The van der Waals surface area contributed by atoms with Crippen molar-refractivity contribution in [2.45, 2.75) is 13.0 Å². The molecule has 0 bridgehead atoms. The van der Waals surface area contributed by atoms with Crippen LogP contribution in [-0.4, -0.2) is 17.1 Å². The predicted octanol–water partition coefficient (Wildman–Crippen LogP) is 0.220. The SMILES string of the molecule is C=C[C@H](C)C(N)C(=O)O. The highest BCUT2D eigenvalue weighted by Crippen LogP contribution is 1.99. The number of carboxylic acids is 1. The summed E-state index contributed by atoms with van der Waals surface area (Å²) in [4.78, 5) is 10.1. The molecule has 0 rings (SSSR count). The maximum Gasteiger partial charge on any atom is 0.321 e. The topological polar surface area (TPSA) is 63.3 Å². The molecule has 0 aromatic rings. The predicted molar refractivity (Wildman–Crippen MR) is 35.0 cm³/mol. The van der Waals surface area contributed by atoms with Crippen LogP contribution in [0, 0.1) is 5.92 Å². The van der Waals surface area contributed by atoms with E-state index < -0.39 is 12.0 Å². The zero-order valence-electron chi connectivity index (χ0n) is 5.37. The molecule has 0 fully saturated rings. The average molecular weight is 129 g/mol. The Morgan fingerprint density at radius 1 is 1.89 bits per heavy atom. The van der Waals surface area contributed by atoms with Crippen LogP contribution in [0.2, 0.25) is 0 Å². The summed E-state index contributed by atoms with van der Waals surface area (Å²) in [6.07, 6.45) is 1.53. The average Bonchev–Trinajstić information content (AvgIpc) is 1.84. The highest BCUT2D eigenvalue weighted by molar-refractivity contribution is 5.73. The molecule has 0 aliphatic heterocycles. The summed E-state index contributed by atoms with van der Waals surface area (Å²) in [6, 6.07) is -0.817. The lowest BCUT2D eigenvalue weighted by Crippen LogP contribution is -2.35. The van der Waals surface area contributed by atoms with E-state index in [9.17, 15) is 4.79 Å². The van der Waals surface area contributed by atoms with E-state index >= 15 is 0 Å². The minimum Gasteiger partial charge on any atom is -0.480 e. The van der Waals surface area contributed by atoms with Crippen LogP contribution in [0.15, 0.2) is 12.7 Å². The van der Waals surface area contributed by atoms with Crippen molar-refractivity contribution >= 4 is 5.97 Å². The third-order valence-corrected chi connectivity index (χ3v) is 1.22. The van der Waals surface area contributed by atoms with Crippen molar-refractivity contribution in [3.05, 3.63) is 12.7 Å². The molecule has 0 aromatic carbocycles. The third kappa shape index (κ3) is 2.28. The number of nitrogens with two attached hydrogens (primary N) is 1. The van der Waals surface area contributed by atoms with Crippen LogP contribution in [0.4, 0.5) is 0 Å². The molecule has 0 saturated heterocycles. The molecule has 1 unspecified atom stereocenters. The maximum absolute atomic E-state index is 10.1. The number of hydrogen-bond acceptors (Lipinski definition) is 2. The molecule has 3 nitrogen and oxygen atoms in total. The Labute approximate surface area is 54.2 Å². The quantitative estimate of drug-likeness (QED) is 0.536. The van der Waals surface area contributed by atoms with E-state index in [0.29, 0.717) is 0 Å². The zero-order chi connectivity index (χ0) is 7.44. The molecule has 0 spiro atoms. The lowest BCUT2D eigenvalue weighted by atomic mass is 10.0. The summed E-state index contributed by atoms with van der Waals surface area (Å²) in [5.74, 6) is -1.15. The standard InChI is InChI=1S/C6H11NO2/c1-3-4(2)5(7)6(8)9/h3-5H,1,7H2,2H3,(H,8,9)/t4-,5?/m0/s1. The first-order chi connectivity index (χ1) is 4.09. The van der Waals surface area contributed by atoms with Gasteiger partial charge in [-0.3, -0.25) is 4.79 Å². The van der Waals surface area contributed by atoms with Crippen molar-refractivity contribution in [1.82, 2.24) is 0 Å². The minimum atomic E-state index is -0.984. The monoisotopic (exact) mass is 129 g/mol. The fourth-order valence-corrected chi connectivity index (χ4v) is 0.372. The lowest BCUT2D eigenvalue weighted by Gasteiger charge is -2.09. The molecule has 0 saturated carbocycles. The molecule has 0 amide bonds. The largest absolute Gasteiger partial charge is 0.480 e. The fraction of sp³-hybridized carbons (Fsp3) is 0.500. The summed E-state index contributed by atoms with van der Waals surface area (Å²) < 4.78 is 0. The van der Waals surface area contributed by atoms with E-state index in [2.05, 4.69) is 6.58 Å². The molecule has 0 radical (unpaired) electrons. The Kier molecular flexibility index (Phi) is 2.95. The number of hydrogen-bond donors (Lipinski definition) is 2. The summed E-state index contributed by atoms with van der Waals surface area (Å²) in [5, 5.41) is 8.31. The van der Waals surface area contributed by atoms with E-state index in [1.165, 1.54) is 6.08 Å². The number of carboxylic acid groups (broad SMARTS) is 1. The first-order valence-electron chi connectivity index (χ1n) is 2.70. The Balaban J connectivity index is 3.86. The molecule has 3 N–H and O–H groups in total. The van der Waals surface area contributed by atoms with Gasteiger partial charge in [0.05, 0.1) is 0 Å². The first kappa shape index (κ1) is 8.17. The molecule has 2 atom stereocenters. The van der Waals surface area contributed by atoms with Gasteiger partial charge in [0, 0.05) is 0 Å². The second-order valence-electron chi connectivity index (χ2n) is 1.96.